The van der Waals surface area contributed by atoms with Gasteiger partial charge in [-0.05, 0) is 30.2 Å². The lowest BCUT2D eigenvalue weighted by Crippen LogP contribution is -2.10. The van der Waals surface area contributed by atoms with Gasteiger partial charge in [0.25, 0.3) is 0 Å². The summed E-state index contributed by atoms with van der Waals surface area (Å²) in [6.45, 7) is 1.92. The smallest absolute Gasteiger partial charge is 0.354 e. The molecule has 0 saturated heterocycles. The average molecular weight is 315 g/mol. The van der Waals surface area contributed by atoms with E-state index in [1.165, 1.54) is 12.3 Å². The normalized spacial score (nSPS) is 13.2. The van der Waals surface area contributed by atoms with Crippen LogP contribution in [0.4, 0.5) is 5.95 Å². The van der Waals surface area contributed by atoms with Gasteiger partial charge in [0.05, 0.1) is 13.2 Å². The highest BCUT2D eigenvalue weighted by Gasteiger charge is 2.11. The van der Waals surface area contributed by atoms with Crippen molar-refractivity contribution in [2.45, 2.75) is 12.8 Å². The van der Waals surface area contributed by atoms with Gasteiger partial charge in [0.15, 0.2) is 17.2 Å². The molecular weight excluding hydrogens is 298 g/mol. The molecule has 1 aromatic carbocycles. The fraction of sp³-hybridized carbons (Fsp3) is 0.312. The number of benzene rings is 1. The van der Waals surface area contributed by atoms with Crippen LogP contribution in [0.25, 0.3) is 0 Å². The number of ether oxygens (including phenoxy) is 2. The van der Waals surface area contributed by atoms with Crippen molar-refractivity contribution in [2.24, 2.45) is 0 Å². The maximum absolute atomic E-state index is 10.9. The molecule has 0 spiro atoms. The first-order chi connectivity index (χ1) is 11.2. The van der Waals surface area contributed by atoms with E-state index in [9.17, 15) is 4.79 Å². The number of hydrogen-bond donors (Lipinski definition) is 2. The molecule has 23 heavy (non-hydrogen) atoms. The van der Waals surface area contributed by atoms with Gasteiger partial charge in [0, 0.05) is 19.2 Å². The van der Waals surface area contributed by atoms with Gasteiger partial charge in [-0.15, -0.1) is 0 Å². The molecule has 0 saturated carbocycles. The molecule has 0 radical (unpaired) electrons. The van der Waals surface area contributed by atoms with Crippen molar-refractivity contribution in [3.8, 4) is 11.5 Å². The van der Waals surface area contributed by atoms with Crippen LogP contribution < -0.4 is 14.8 Å². The van der Waals surface area contributed by atoms with Crippen LogP contribution in [0.5, 0.6) is 11.5 Å². The summed E-state index contributed by atoms with van der Waals surface area (Å²) < 4.78 is 11.3. The van der Waals surface area contributed by atoms with Crippen molar-refractivity contribution in [3.63, 3.8) is 0 Å². The zero-order valence-corrected chi connectivity index (χ0v) is 12.5. The molecular formula is C16H17N3O4. The number of carbonyl (C=O) groups is 1. The highest BCUT2D eigenvalue weighted by molar-refractivity contribution is 5.85. The lowest BCUT2D eigenvalue weighted by molar-refractivity contribution is 0.0690. The Labute approximate surface area is 133 Å². The molecule has 1 aliphatic heterocycles. The third kappa shape index (κ3) is 3.88. The molecule has 0 bridgehead atoms. The molecule has 0 unspecified atom stereocenters. The van der Waals surface area contributed by atoms with E-state index in [1.54, 1.807) is 0 Å². The van der Waals surface area contributed by atoms with Gasteiger partial charge in [-0.2, -0.15) is 0 Å². The number of aromatic carboxylic acids is 1. The zero-order valence-electron chi connectivity index (χ0n) is 12.5. The Kier molecular flexibility index (Phi) is 4.56. The van der Waals surface area contributed by atoms with Crippen LogP contribution in [-0.2, 0) is 6.42 Å². The molecule has 0 atom stereocenters. The number of rotatable bonds is 5. The Balaban J connectivity index is 1.59. The standard InChI is InChI=1S/C16H17N3O4/c20-15(21)12-5-7-18-16(19-12)17-6-4-11-2-3-13-14(10-11)23-9-1-8-22-13/h2-3,5,7,10H,1,4,6,8-9H2,(H,20,21)(H,17,18,19). The highest BCUT2D eigenvalue weighted by atomic mass is 16.5. The van der Waals surface area contributed by atoms with Crippen molar-refractivity contribution in [3.05, 3.63) is 41.7 Å². The minimum atomic E-state index is -1.07. The van der Waals surface area contributed by atoms with E-state index in [-0.39, 0.29) is 5.69 Å². The van der Waals surface area contributed by atoms with Gasteiger partial charge in [0.1, 0.15) is 0 Å². The van der Waals surface area contributed by atoms with E-state index in [0.717, 1.165) is 29.9 Å². The first-order valence-electron chi connectivity index (χ1n) is 7.41. The predicted molar refractivity (Wildman–Crippen MR) is 83.2 cm³/mol. The van der Waals surface area contributed by atoms with E-state index in [1.807, 2.05) is 18.2 Å². The summed E-state index contributed by atoms with van der Waals surface area (Å²) in [4.78, 5) is 18.8. The Hall–Kier alpha value is -2.83. The molecule has 0 aliphatic carbocycles. The van der Waals surface area contributed by atoms with Gasteiger partial charge in [0.2, 0.25) is 5.95 Å². The predicted octanol–water partition coefficient (Wildman–Crippen LogP) is 1.99. The minimum Gasteiger partial charge on any atom is -0.490 e. The monoisotopic (exact) mass is 315 g/mol. The summed E-state index contributed by atoms with van der Waals surface area (Å²) in [5.74, 6) is 0.776. The molecule has 120 valence electrons. The molecule has 2 heterocycles. The van der Waals surface area contributed by atoms with E-state index in [4.69, 9.17) is 14.6 Å². The number of fused-ring (bicyclic) bond motifs is 1. The third-order valence-electron chi connectivity index (χ3n) is 3.38. The van der Waals surface area contributed by atoms with Crippen LogP contribution in [0.3, 0.4) is 0 Å². The second-order valence-corrected chi connectivity index (χ2v) is 5.08. The first kappa shape index (κ1) is 15.1. The van der Waals surface area contributed by atoms with Crippen LogP contribution in [0, 0.1) is 0 Å². The summed E-state index contributed by atoms with van der Waals surface area (Å²) in [5.41, 5.74) is 1.06. The fourth-order valence-electron chi connectivity index (χ4n) is 2.24. The van der Waals surface area contributed by atoms with Crippen molar-refractivity contribution >= 4 is 11.9 Å². The Morgan fingerprint density at radius 3 is 2.87 bits per heavy atom. The largest absolute Gasteiger partial charge is 0.490 e. The SMILES string of the molecule is O=C(O)c1ccnc(NCCc2ccc3c(c2)OCCCO3)n1. The summed E-state index contributed by atoms with van der Waals surface area (Å²) in [7, 11) is 0. The molecule has 7 heteroatoms. The number of nitrogens with zero attached hydrogens (tertiary/aromatic N) is 2. The van der Waals surface area contributed by atoms with Crippen molar-refractivity contribution < 1.29 is 19.4 Å². The van der Waals surface area contributed by atoms with E-state index in [2.05, 4.69) is 15.3 Å². The van der Waals surface area contributed by atoms with E-state index >= 15 is 0 Å². The van der Waals surface area contributed by atoms with Gasteiger partial charge in [-0.3, -0.25) is 0 Å². The molecule has 2 aromatic rings. The average Bonchev–Trinajstić information content (AvgIpc) is 2.80. The molecule has 1 aromatic heterocycles. The van der Waals surface area contributed by atoms with Crippen LogP contribution >= 0.6 is 0 Å². The Morgan fingerprint density at radius 2 is 2.04 bits per heavy atom. The van der Waals surface area contributed by atoms with E-state index in [0.29, 0.717) is 25.7 Å². The number of carboxylic acid groups (broad SMARTS) is 1. The molecule has 1 aliphatic rings. The summed E-state index contributed by atoms with van der Waals surface area (Å²) >= 11 is 0. The maximum atomic E-state index is 10.9. The fourth-order valence-corrected chi connectivity index (χ4v) is 2.24. The second kappa shape index (κ2) is 6.95. The number of nitrogens with one attached hydrogen (secondary N) is 1. The summed E-state index contributed by atoms with van der Waals surface area (Å²) in [6, 6.07) is 7.23. The van der Waals surface area contributed by atoms with Gasteiger partial charge in [-0.1, -0.05) is 6.07 Å². The minimum absolute atomic E-state index is 0.0296. The van der Waals surface area contributed by atoms with E-state index < -0.39 is 5.97 Å². The van der Waals surface area contributed by atoms with Crippen molar-refractivity contribution in [1.29, 1.82) is 0 Å². The van der Waals surface area contributed by atoms with Gasteiger partial charge >= 0.3 is 5.97 Å². The van der Waals surface area contributed by atoms with Crippen LogP contribution in [0.1, 0.15) is 22.5 Å². The van der Waals surface area contributed by atoms with Crippen LogP contribution in [-0.4, -0.2) is 40.8 Å². The molecule has 7 nitrogen and oxygen atoms in total. The molecule has 0 amide bonds. The van der Waals surface area contributed by atoms with Gasteiger partial charge in [-0.25, -0.2) is 14.8 Å². The van der Waals surface area contributed by atoms with Crippen LogP contribution in [0.2, 0.25) is 0 Å². The van der Waals surface area contributed by atoms with Crippen molar-refractivity contribution in [2.75, 3.05) is 25.1 Å². The summed E-state index contributed by atoms with van der Waals surface area (Å²) in [5, 5.41) is 11.9. The Bertz CT molecular complexity index is 705. The number of anilines is 1. The highest BCUT2D eigenvalue weighted by Crippen LogP contribution is 2.30. The maximum Gasteiger partial charge on any atom is 0.354 e. The first-order valence-corrected chi connectivity index (χ1v) is 7.41. The number of aromatic nitrogens is 2. The number of carboxylic acids is 1. The van der Waals surface area contributed by atoms with Crippen molar-refractivity contribution in [1.82, 2.24) is 9.97 Å². The number of hydrogen-bond acceptors (Lipinski definition) is 6. The molecule has 0 fully saturated rings. The second-order valence-electron chi connectivity index (χ2n) is 5.08. The third-order valence-corrected chi connectivity index (χ3v) is 3.38. The lowest BCUT2D eigenvalue weighted by atomic mass is 10.1. The quantitative estimate of drug-likeness (QED) is 0.871. The summed E-state index contributed by atoms with van der Waals surface area (Å²) in [6.07, 6.45) is 3.03. The molecule has 3 rings (SSSR count). The molecule has 2 N–H and O–H groups in total. The lowest BCUT2D eigenvalue weighted by Gasteiger charge is -2.10. The zero-order chi connectivity index (χ0) is 16.1. The topological polar surface area (TPSA) is 93.6 Å². The van der Waals surface area contributed by atoms with Gasteiger partial charge < -0.3 is 19.9 Å². The van der Waals surface area contributed by atoms with Crippen LogP contribution in [0.15, 0.2) is 30.5 Å². The Morgan fingerprint density at radius 1 is 1.22 bits per heavy atom.